The number of carboxylic acid groups (broad SMARTS) is 1. The molecule has 0 saturated heterocycles. The van der Waals surface area contributed by atoms with E-state index in [9.17, 15) is 14.4 Å². The number of carbonyl (C=O) groups excluding carboxylic acids is 2. The molecule has 1 aromatic rings. The number of aliphatic carboxylic acids is 1. The van der Waals surface area contributed by atoms with E-state index in [1.807, 2.05) is 0 Å². The second-order valence-corrected chi connectivity index (χ2v) is 6.53. The van der Waals surface area contributed by atoms with Crippen molar-refractivity contribution in [2.45, 2.75) is 31.2 Å². The van der Waals surface area contributed by atoms with Crippen LogP contribution in [0.2, 0.25) is 0 Å². The van der Waals surface area contributed by atoms with Gasteiger partial charge in [0.25, 0.3) is 5.91 Å². The summed E-state index contributed by atoms with van der Waals surface area (Å²) < 4.78 is 0. The summed E-state index contributed by atoms with van der Waals surface area (Å²) in [5.74, 6) is -1.15. The molecule has 22 heavy (non-hydrogen) atoms. The minimum atomic E-state index is -1.07. The lowest BCUT2D eigenvalue weighted by Crippen LogP contribution is -2.44. The van der Waals surface area contributed by atoms with Crippen LogP contribution in [0.3, 0.4) is 0 Å². The van der Waals surface area contributed by atoms with E-state index < -0.39 is 17.9 Å². The molecule has 1 atom stereocenters. The van der Waals surface area contributed by atoms with Crippen LogP contribution < -0.4 is 10.6 Å². The third-order valence-electron chi connectivity index (χ3n) is 3.32. The molecular weight excluding hydrogens is 304 g/mol. The van der Waals surface area contributed by atoms with Gasteiger partial charge in [-0.1, -0.05) is 13.8 Å². The van der Waals surface area contributed by atoms with E-state index in [-0.39, 0.29) is 11.8 Å². The summed E-state index contributed by atoms with van der Waals surface area (Å²) >= 11 is 1.55. The zero-order chi connectivity index (χ0) is 16.3. The highest BCUT2D eigenvalue weighted by Gasteiger charge is 2.24. The molecule has 2 rings (SSSR count). The summed E-state index contributed by atoms with van der Waals surface area (Å²) in [7, 11) is 0. The largest absolute Gasteiger partial charge is 0.480 e. The maximum absolute atomic E-state index is 12.2. The maximum Gasteiger partial charge on any atom is 0.326 e. The Hall–Kier alpha value is -2.02. The first-order chi connectivity index (χ1) is 10.4. The van der Waals surface area contributed by atoms with Gasteiger partial charge >= 0.3 is 5.97 Å². The fourth-order valence-corrected chi connectivity index (χ4v) is 3.04. The average Bonchev–Trinajstić information content (AvgIpc) is 2.63. The van der Waals surface area contributed by atoms with Crippen LogP contribution in [0.25, 0.3) is 0 Å². The number of benzene rings is 1. The lowest BCUT2D eigenvalue weighted by Gasteiger charge is -2.18. The van der Waals surface area contributed by atoms with E-state index >= 15 is 0 Å². The second kappa shape index (κ2) is 6.83. The first kappa shape index (κ1) is 16.4. The Bertz CT molecular complexity index is 616. The molecule has 7 heteroatoms. The van der Waals surface area contributed by atoms with Gasteiger partial charge in [-0.05, 0) is 24.1 Å². The molecule has 0 radical (unpaired) electrons. The zero-order valence-electron chi connectivity index (χ0n) is 12.4. The fraction of sp³-hybridized carbons (Fsp3) is 0.400. The lowest BCUT2D eigenvalue weighted by atomic mass is 10.0. The smallest absolute Gasteiger partial charge is 0.326 e. The molecule has 6 nitrogen and oxygen atoms in total. The highest BCUT2D eigenvalue weighted by atomic mass is 32.2. The fourth-order valence-electron chi connectivity index (χ4n) is 2.10. The van der Waals surface area contributed by atoms with Crippen LogP contribution in [0, 0.1) is 5.92 Å². The van der Waals surface area contributed by atoms with E-state index in [0.717, 1.165) is 4.90 Å². The van der Waals surface area contributed by atoms with E-state index in [2.05, 4.69) is 10.6 Å². The lowest BCUT2D eigenvalue weighted by molar-refractivity contribution is -0.140. The monoisotopic (exact) mass is 322 g/mol. The molecule has 0 saturated carbocycles. The van der Waals surface area contributed by atoms with Crippen molar-refractivity contribution in [2.75, 3.05) is 11.1 Å². The average molecular weight is 322 g/mol. The number of rotatable bonds is 4. The van der Waals surface area contributed by atoms with Crippen molar-refractivity contribution in [1.82, 2.24) is 5.32 Å². The van der Waals surface area contributed by atoms with Gasteiger partial charge in [0, 0.05) is 22.6 Å². The van der Waals surface area contributed by atoms with E-state index in [1.165, 1.54) is 0 Å². The number of anilines is 1. The SMILES string of the molecule is CC(C)[C@@H](NC(=O)c1ccc2c(c1)NC(=O)CCS2)C(=O)O. The minimum Gasteiger partial charge on any atom is -0.480 e. The van der Waals surface area contributed by atoms with E-state index in [0.29, 0.717) is 23.4 Å². The van der Waals surface area contributed by atoms with Crippen LogP contribution in [0.1, 0.15) is 30.6 Å². The Morgan fingerprint density at radius 1 is 1.36 bits per heavy atom. The number of hydrogen-bond donors (Lipinski definition) is 3. The number of amides is 2. The number of hydrogen-bond acceptors (Lipinski definition) is 4. The van der Waals surface area contributed by atoms with Crippen LogP contribution in [-0.4, -0.2) is 34.7 Å². The van der Waals surface area contributed by atoms with E-state index in [1.54, 1.807) is 43.8 Å². The number of thioether (sulfide) groups is 1. The highest BCUT2D eigenvalue weighted by molar-refractivity contribution is 7.99. The Morgan fingerprint density at radius 2 is 2.09 bits per heavy atom. The van der Waals surface area contributed by atoms with Crippen LogP contribution in [-0.2, 0) is 9.59 Å². The molecule has 0 unspecified atom stereocenters. The number of fused-ring (bicyclic) bond motifs is 1. The number of nitrogens with one attached hydrogen (secondary N) is 2. The number of carbonyl (C=O) groups is 3. The molecule has 0 spiro atoms. The molecular formula is C15H18N2O4S. The van der Waals surface area contributed by atoms with Gasteiger partial charge in [0.1, 0.15) is 6.04 Å². The van der Waals surface area contributed by atoms with Gasteiger partial charge in [-0.15, -0.1) is 11.8 Å². The van der Waals surface area contributed by atoms with Crippen LogP contribution in [0.4, 0.5) is 5.69 Å². The summed E-state index contributed by atoms with van der Waals surface area (Å²) in [6.07, 6.45) is 0.426. The van der Waals surface area contributed by atoms with Gasteiger partial charge in [0.2, 0.25) is 5.91 Å². The Labute approximate surface area is 132 Å². The first-order valence-electron chi connectivity index (χ1n) is 6.99. The molecule has 0 fully saturated rings. The van der Waals surface area contributed by atoms with Crippen LogP contribution in [0.5, 0.6) is 0 Å². The van der Waals surface area contributed by atoms with Crippen molar-refractivity contribution in [2.24, 2.45) is 5.92 Å². The molecule has 1 aromatic carbocycles. The molecule has 118 valence electrons. The predicted octanol–water partition coefficient (Wildman–Crippen LogP) is 1.96. The summed E-state index contributed by atoms with van der Waals surface area (Å²) in [6.45, 7) is 3.46. The maximum atomic E-state index is 12.2. The van der Waals surface area contributed by atoms with Gasteiger partial charge < -0.3 is 15.7 Å². The molecule has 1 heterocycles. The molecule has 0 aliphatic carbocycles. The molecule has 1 aliphatic rings. The van der Waals surface area contributed by atoms with Crippen molar-refractivity contribution in [3.8, 4) is 0 Å². The van der Waals surface area contributed by atoms with Crippen molar-refractivity contribution < 1.29 is 19.5 Å². The molecule has 0 aromatic heterocycles. The Kier molecular flexibility index (Phi) is 5.07. The zero-order valence-corrected chi connectivity index (χ0v) is 13.2. The number of carboxylic acids is 1. The van der Waals surface area contributed by atoms with Gasteiger partial charge in [0.05, 0.1) is 5.69 Å². The quantitative estimate of drug-likeness (QED) is 0.787. The van der Waals surface area contributed by atoms with Gasteiger partial charge in [-0.2, -0.15) is 0 Å². The topological polar surface area (TPSA) is 95.5 Å². The van der Waals surface area contributed by atoms with Gasteiger partial charge in [0.15, 0.2) is 0 Å². The van der Waals surface area contributed by atoms with Gasteiger partial charge in [-0.25, -0.2) is 4.79 Å². The summed E-state index contributed by atoms with van der Waals surface area (Å²) in [5, 5.41) is 14.4. The summed E-state index contributed by atoms with van der Waals surface area (Å²) in [6, 6.07) is 4.04. The van der Waals surface area contributed by atoms with E-state index in [4.69, 9.17) is 5.11 Å². The standard InChI is InChI=1S/C15H18N2O4S/c1-8(2)13(15(20)21)17-14(19)9-3-4-11-10(7-9)16-12(18)5-6-22-11/h3-4,7-8,13H,5-6H2,1-2H3,(H,16,18)(H,17,19)(H,20,21)/t13-/m1/s1. The summed E-state index contributed by atoms with van der Waals surface area (Å²) in [5.41, 5.74) is 0.921. The van der Waals surface area contributed by atoms with Crippen molar-refractivity contribution >= 4 is 35.2 Å². The van der Waals surface area contributed by atoms with Gasteiger partial charge in [-0.3, -0.25) is 9.59 Å². The van der Waals surface area contributed by atoms with Crippen molar-refractivity contribution in [3.63, 3.8) is 0 Å². The first-order valence-corrected chi connectivity index (χ1v) is 7.97. The normalized spacial score (nSPS) is 15.5. The van der Waals surface area contributed by atoms with Crippen LogP contribution in [0.15, 0.2) is 23.1 Å². The molecule has 2 amide bonds. The Morgan fingerprint density at radius 3 is 2.73 bits per heavy atom. The minimum absolute atomic E-state index is 0.0885. The third-order valence-corrected chi connectivity index (χ3v) is 4.40. The highest BCUT2D eigenvalue weighted by Crippen LogP contribution is 2.31. The Balaban J connectivity index is 2.20. The van der Waals surface area contributed by atoms with Crippen LogP contribution >= 0.6 is 11.8 Å². The van der Waals surface area contributed by atoms with Crippen molar-refractivity contribution in [1.29, 1.82) is 0 Å². The predicted molar refractivity (Wildman–Crippen MR) is 84.1 cm³/mol. The molecule has 0 bridgehead atoms. The second-order valence-electron chi connectivity index (χ2n) is 5.39. The van der Waals surface area contributed by atoms with Crippen molar-refractivity contribution in [3.05, 3.63) is 23.8 Å². The third kappa shape index (κ3) is 3.79. The summed E-state index contributed by atoms with van der Waals surface area (Å²) in [4.78, 5) is 35.9. The molecule has 1 aliphatic heterocycles. The molecule has 3 N–H and O–H groups in total.